The van der Waals surface area contributed by atoms with Crippen molar-refractivity contribution in [1.29, 1.82) is 0 Å². The van der Waals surface area contributed by atoms with Crippen LogP contribution in [0.4, 0.5) is 0 Å². The van der Waals surface area contributed by atoms with Gasteiger partial charge < -0.3 is 15.4 Å². The Balaban J connectivity index is 1.74. The Hall–Kier alpha value is -0.680. The number of thiocarbonyl (C=S) groups is 1. The highest BCUT2D eigenvalue weighted by Gasteiger charge is 2.48. The van der Waals surface area contributed by atoms with Crippen LogP contribution in [0, 0.1) is 11.3 Å². The molecule has 1 amide bonds. The number of rotatable bonds is 7. The van der Waals surface area contributed by atoms with Crippen molar-refractivity contribution in [2.45, 2.75) is 32.1 Å². The van der Waals surface area contributed by atoms with Gasteiger partial charge in [0, 0.05) is 20.2 Å². The van der Waals surface area contributed by atoms with Crippen LogP contribution in [0.2, 0.25) is 0 Å². The first-order valence-electron chi connectivity index (χ1n) is 6.69. The van der Waals surface area contributed by atoms with Gasteiger partial charge in [0.1, 0.15) is 0 Å². The zero-order chi connectivity index (χ0) is 13.2. The van der Waals surface area contributed by atoms with Gasteiger partial charge in [-0.1, -0.05) is 18.6 Å². The number of nitrogens with two attached hydrogens (primary N) is 1. The van der Waals surface area contributed by atoms with Gasteiger partial charge in [0.05, 0.1) is 17.0 Å². The second-order valence-corrected chi connectivity index (χ2v) is 5.98. The fourth-order valence-corrected chi connectivity index (χ4v) is 2.59. The van der Waals surface area contributed by atoms with Crippen LogP contribution in [0.1, 0.15) is 32.1 Å². The molecule has 0 aromatic carbocycles. The third kappa shape index (κ3) is 2.83. The minimum Gasteiger partial charge on any atom is -0.392 e. The molecule has 0 aliphatic heterocycles. The Labute approximate surface area is 114 Å². The summed E-state index contributed by atoms with van der Waals surface area (Å²) in [6, 6.07) is 0. The summed E-state index contributed by atoms with van der Waals surface area (Å²) in [5.74, 6) is 0.830. The van der Waals surface area contributed by atoms with Crippen LogP contribution < -0.4 is 5.73 Å². The topological polar surface area (TPSA) is 55.6 Å². The molecule has 0 radical (unpaired) electrons. The molecule has 2 fully saturated rings. The van der Waals surface area contributed by atoms with E-state index in [0.29, 0.717) is 18.1 Å². The molecule has 18 heavy (non-hydrogen) atoms. The molecule has 0 atom stereocenters. The van der Waals surface area contributed by atoms with Gasteiger partial charge in [0.2, 0.25) is 5.91 Å². The Kier molecular flexibility index (Phi) is 4.22. The summed E-state index contributed by atoms with van der Waals surface area (Å²) in [5.41, 5.74) is 5.17. The number of likely N-dealkylation sites (N-methyl/N-ethyl adjacent to an activating group) is 1. The highest BCUT2D eigenvalue weighted by atomic mass is 32.1. The van der Waals surface area contributed by atoms with Gasteiger partial charge in [-0.15, -0.1) is 0 Å². The molecule has 0 saturated heterocycles. The summed E-state index contributed by atoms with van der Waals surface area (Å²) < 4.78 is 5.55. The first-order chi connectivity index (χ1) is 8.56. The molecule has 102 valence electrons. The fraction of sp³-hybridized carbons (Fsp3) is 0.846. The van der Waals surface area contributed by atoms with E-state index in [2.05, 4.69) is 0 Å². The number of hydrogen-bond donors (Lipinski definition) is 1. The van der Waals surface area contributed by atoms with Crippen molar-refractivity contribution in [3.8, 4) is 0 Å². The summed E-state index contributed by atoms with van der Waals surface area (Å²) in [4.78, 5) is 14.4. The van der Waals surface area contributed by atoms with Crippen molar-refractivity contribution in [1.82, 2.24) is 4.90 Å². The van der Waals surface area contributed by atoms with Crippen LogP contribution in [-0.2, 0) is 9.53 Å². The smallest absolute Gasteiger partial charge is 0.235 e. The van der Waals surface area contributed by atoms with Gasteiger partial charge in [0.15, 0.2) is 0 Å². The predicted molar refractivity (Wildman–Crippen MR) is 74.2 cm³/mol. The normalized spacial score (nSPS) is 21.2. The van der Waals surface area contributed by atoms with Gasteiger partial charge >= 0.3 is 0 Å². The lowest BCUT2D eigenvalue weighted by Gasteiger charge is -2.41. The molecule has 0 aromatic heterocycles. The number of carbonyl (C=O) groups is 1. The summed E-state index contributed by atoms with van der Waals surface area (Å²) >= 11 is 5.05. The maximum absolute atomic E-state index is 12.3. The van der Waals surface area contributed by atoms with E-state index in [0.717, 1.165) is 31.8 Å². The quantitative estimate of drug-likeness (QED) is 0.560. The zero-order valence-electron chi connectivity index (χ0n) is 11.0. The molecule has 0 heterocycles. The molecule has 2 N–H and O–H groups in total. The average Bonchev–Trinajstić information content (AvgIpc) is 3.05. The van der Waals surface area contributed by atoms with Crippen molar-refractivity contribution in [2.75, 3.05) is 26.8 Å². The largest absolute Gasteiger partial charge is 0.392 e. The Morgan fingerprint density at radius 3 is 2.61 bits per heavy atom. The molecule has 2 rings (SSSR count). The van der Waals surface area contributed by atoms with Gasteiger partial charge in [0.25, 0.3) is 0 Å². The van der Waals surface area contributed by atoms with E-state index in [1.807, 2.05) is 0 Å². The first kappa shape index (κ1) is 13.7. The Morgan fingerprint density at radius 1 is 1.50 bits per heavy atom. The standard InChI is InChI=1S/C13H22N2O2S/c1-15(7-8-17-9-10-3-4-10)12(16)13(11(14)18)5-2-6-13/h10H,2-9H2,1H3,(H2,14,18). The number of carbonyl (C=O) groups excluding carboxylic acids is 1. The van der Waals surface area contributed by atoms with Gasteiger partial charge in [-0.25, -0.2) is 0 Å². The first-order valence-corrected chi connectivity index (χ1v) is 7.10. The molecule has 0 aromatic rings. The Morgan fingerprint density at radius 2 is 2.17 bits per heavy atom. The van der Waals surface area contributed by atoms with E-state index in [1.54, 1.807) is 11.9 Å². The van der Waals surface area contributed by atoms with E-state index < -0.39 is 5.41 Å². The van der Waals surface area contributed by atoms with Crippen LogP contribution in [0.15, 0.2) is 0 Å². The Bertz CT molecular complexity index is 338. The molecule has 2 aliphatic carbocycles. The van der Waals surface area contributed by atoms with E-state index >= 15 is 0 Å². The lowest BCUT2D eigenvalue weighted by molar-refractivity contribution is -0.141. The molecule has 5 heteroatoms. The third-order valence-electron chi connectivity index (χ3n) is 4.06. The van der Waals surface area contributed by atoms with Crippen LogP contribution in [0.3, 0.4) is 0 Å². The zero-order valence-corrected chi connectivity index (χ0v) is 11.8. The third-order valence-corrected chi connectivity index (χ3v) is 4.45. The average molecular weight is 270 g/mol. The highest BCUT2D eigenvalue weighted by Crippen LogP contribution is 2.42. The van der Waals surface area contributed by atoms with E-state index in [-0.39, 0.29) is 5.91 Å². The van der Waals surface area contributed by atoms with E-state index in [4.69, 9.17) is 22.7 Å². The van der Waals surface area contributed by atoms with E-state index in [1.165, 1.54) is 12.8 Å². The fourth-order valence-electron chi connectivity index (χ4n) is 2.30. The van der Waals surface area contributed by atoms with Crippen molar-refractivity contribution in [2.24, 2.45) is 17.1 Å². The SMILES string of the molecule is CN(CCOCC1CC1)C(=O)C1(C(N)=S)CCC1. The minimum absolute atomic E-state index is 0.0660. The van der Waals surface area contributed by atoms with Gasteiger partial charge in [-0.05, 0) is 31.6 Å². The molecule has 0 unspecified atom stereocenters. The number of amides is 1. The summed E-state index contributed by atoms with van der Waals surface area (Å²) in [6.45, 7) is 2.06. The molecule has 0 bridgehead atoms. The molecule has 2 aliphatic rings. The maximum atomic E-state index is 12.3. The summed E-state index contributed by atoms with van der Waals surface area (Å²) in [6.07, 6.45) is 5.22. The maximum Gasteiger partial charge on any atom is 0.235 e. The second kappa shape index (κ2) is 5.53. The lowest BCUT2D eigenvalue weighted by Crippen LogP contribution is -2.54. The lowest BCUT2D eigenvalue weighted by atomic mass is 9.67. The molecular formula is C13H22N2O2S. The van der Waals surface area contributed by atoms with Crippen molar-refractivity contribution in [3.05, 3.63) is 0 Å². The highest BCUT2D eigenvalue weighted by molar-refractivity contribution is 7.80. The van der Waals surface area contributed by atoms with Gasteiger partial charge in [-0.3, -0.25) is 4.79 Å². The molecular weight excluding hydrogens is 248 g/mol. The molecule has 0 spiro atoms. The van der Waals surface area contributed by atoms with Crippen LogP contribution in [0.5, 0.6) is 0 Å². The van der Waals surface area contributed by atoms with Crippen LogP contribution >= 0.6 is 12.2 Å². The van der Waals surface area contributed by atoms with E-state index in [9.17, 15) is 4.79 Å². The van der Waals surface area contributed by atoms with Crippen LogP contribution in [0.25, 0.3) is 0 Å². The minimum atomic E-state index is -0.555. The van der Waals surface area contributed by atoms with Crippen LogP contribution in [-0.4, -0.2) is 42.6 Å². The summed E-state index contributed by atoms with van der Waals surface area (Å²) in [5, 5.41) is 0. The molecule has 4 nitrogen and oxygen atoms in total. The monoisotopic (exact) mass is 270 g/mol. The van der Waals surface area contributed by atoms with Crippen molar-refractivity contribution < 1.29 is 9.53 Å². The second-order valence-electron chi connectivity index (χ2n) is 5.54. The predicted octanol–water partition coefficient (Wildman–Crippen LogP) is 1.33. The summed E-state index contributed by atoms with van der Waals surface area (Å²) in [7, 11) is 1.81. The van der Waals surface area contributed by atoms with Crippen molar-refractivity contribution in [3.63, 3.8) is 0 Å². The van der Waals surface area contributed by atoms with Gasteiger partial charge in [-0.2, -0.15) is 0 Å². The number of ether oxygens (including phenoxy) is 1. The number of hydrogen-bond acceptors (Lipinski definition) is 3. The number of nitrogens with zero attached hydrogens (tertiary/aromatic N) is 1. The van der Waals surface area contributed by atoms with Crippen molar-refractivity contribution >= 4 is 23.1 Å². The molecule has 2 saturated carbocycles.